The summed E-state index contributed by atoms with van der Waals surface area (Å²) in [5, 5.41) is 5.15. The van der Waals surface area contributed by atoms with Gasteiger partial charge in [0.25, 0.3) is 0 Å². The van der Waals surface area contributed by atoms with E-state index < -0.39 is 0 Å². The molecule has 9 aromatic rings. The molecule has 1 aromatic heterocycles. The molecule has 0 aliphatic carbocycles. The predicted molar refractivity (Wildman–Crippen MR) is 208 cm³/mol. The normalized spacial score (nSPS) is 11.3. The van der Waals surface area contributed by atoms with E-state index in [4.69, 9.17) is 0 Å². The fourth-order valence-electron chi connectivity index (χ4n) is 6.97. The Morgan fingerprint density at radius 2 is 0.833 bits per heavy atom. The van der Waals surface area contributed by atoms with Gasteiger partial charge in [0.05, 0.1) is 5.69 Å². The summed E-state index contributed by atoms with van der Waals surface area (Å²) in [6, 6.07) is 68.0. The predicted octanol–water partition coefficient (Wildman–Crippen LogP) is 13.7. The third kappa shape index (κ3) is 4.95. The number of rotatable bonds is 6. The zero-order valence-electron chi connectivity index (χ0n) is 26.3. The lowest BCUT2D eigenvalue weighted by Crippen LogP contribution is -2.10. The van der Waals surface area contributed by atoms with Crippen molar-refractivity contribution in [1.82, 2.24) is 0 Å². The van der Waals surface area contributed by atoms with Crippen LogP contribution in [0, 0.1) is 0 Å². The second-order valence-electron chi connectivity index (χ2n) is 12.1. The Labute approximate surface area is 284 Å². The first-order valence-corrected chi connectivity index (χ1v) is 17.2. The van der Waals surface area contributed by atoms with Crippen LogP contribution in [0.15, 0.2) is 188 Å². The molecule has 0 bridgehead atoms. The monoisotopic (exact) mass is 629 g/mol. The Balaban J connectivity index is 1.28. The Kier molecular flexibility index (Phi) is 7.07. The van der Waals surface area contributed by atoms with Crippen molar-refractivity contribution in [3.63, 3.8) is 0 Å². The molecule has 48 heavy (non-hydrogen) atoms. The zero-order valence-corrected chi connectivity index (χ0v) is 27.1. The van der Waals surface area contributed by atoms with E-state index in [2.05, 4.69) is 193 Å². The SMILES string of the molecule is c1ccc(-c2ccc(N(c3ccc(-c4ccccc4)cc3)c3cccc4sc5c6ccccc6c(-c6ccccc6)cc5c34)cc2)cc1. The number of anilines is 3. The van der Waals surface area contributed by atoms with Gasteiger partial charge in [0.1, 0.15) is 0 Å². The van der Waals surface area contributed by atoms with Crippen LogP contribution in [0.1, 0.15) is 0 Å². The molecule has 226 valence electrons. The lowest BCUT2D eigenvalue weighted by Gasteiger charge is -2.27. The minimum Gasteiger partial charge on any atom is -0.310 e. The van der Waals surface area contributed by atoms with E-state index in [1.54, 1.807) is 0 Å². The van der Waals surface area contributed by atoms with Gasteiger partial charge in [0.15, 0.2) is 0 Å². The quantitative estimate of drug-likeness (QED) is 0.177. The third-order valence-corrected chi connectivity index (χ3v) is 10.5. The largest absolute Gasteiger partial charge is 0.310 e. The van der Waals surface area contributed by atoms with Crippen LogP contribution in [0.3, 0.4) is 0 Å². The van der Waals surface area contributed by atoms with Gasteiger partial charge in [-0.25, -0.2) is 0 Å². The van der Waals surface area contributed by atoms with Gasteiger partial charge in [-0.3, -0.25) is 0 Å². The second-order valence-corrected chi connectivity index (χ2v) is 13.2. The van der Waals surface area contributed by atoms with Gasteiger partial charge >= 0.3 is 0 Å². The van der Waals surface area contributed by atoms with Crippen molar-refractivity contribution < 1.29 is 0 Å². The molecule has 0 fully saturated rings. The molecule has 0 unspecified atom stereocenters. The van der Waals surface area contributed by atoms with Gasteiger partial charge in [-0.05, 0) is 81.2 Å². The molecule has 0 N–H and O–H groups in total. The number of thiophene rings is 1. The molecular weight excluding hydrogens is 599 g/mol. The molecule has 0 amide bonds. The first kappa shape index (κ1) is 28.3. The topological polar surface area (TPSA) is 3.24 Å². The summed E-state index contributed by atoms with van der Waals surface area (Å²) in [6.45, 7) is 0. The Morgan fingerprint density at radius 1 is 0.354 bits per heavy atom. The summed E-state index contributed by atoms with van der Waals surface area (Å²) < 4.78 is 2.61. The summed E-state index contributed by atoms with van der Waals surface area (Å²) >= 11 is 1.89. The van der Waals surface area contributed by atoms with Crippen molar-refractivity contribution in [3.05, 3.63) is 188 Å². The molecule has 0 saturated heterocycles. The maximum Gasteiger partial charge on any atom is 0.0554 e. The summed E-state index contributed by atoms with van der Waals surface area (Å²) in [4.78, 5) is 2.43. The summed E-state index contributed by atoms with van der Waals surface area (Å²) in [6.07, 6.45) is 0. The van der Waals surface area contributed by atoms with Crippen LogP contribution in [0.4, 0.5) is 17.1 Å². The van der Waals surface area contributed by atoms with Gasteiger partial charge in [-0.1, -0.05) is 146 Å². The fraction of sp³-hybridized carbons (Fsp3) is 0. The van der Waals surface area contributed by atoms with Crippen molar-refractivity contribution in [2.45, 2.75) is 0 Å². The standard InChI is InChI=1S/C46H31NS/c1-4-13-32(14-5-1)34-23-27-37(28-24-34)47(38-29-25-35(26-30-38)33-15-6-2-7-16-33)43-21-12-22-44-45(43)42-31-41(36-17-8-3-9-18-36)39-19-10-11-20-40(39)46(42)48-44/h1-31H. The lowest BCUT2D eigenvalue weighted by molar-refractivity contribution is 1.30. The van der Waals surface area contributed by atoms with E-state index in [1.807, 2.05) is 11.3 Å². The third-order valence-electron chi connectivity index (χ3n) is 9.27. The Morgan fingerprint density at radius 3 is 1.40 bits per heavy atom. The van der Waals surface area contributed by atoms with E-state index in [0.717, 1.165) is 11.4 Å². The number of hydrogen-bond acceptors (Lipinski definition) is 2. The van der Waals surface area contributed by atoms with Crippen LogP contribution in [0.2, 0.25) is 0 Å². The minimum absolute atomic E-state index is 1.12. The van der Waals surface area contributed by atoms with Crippen LogP contribution in [-0.2, 0) is 0 Å². The molecule has 0 atom stereocenters. The molecular formula is C46H31NS. The molecule has 0 spiro atoms. The molecule has 0 aliphatic rings. The van der Waals surface area contributed by atoms with Crippen LogP contribution in [-0.4, -0.2) is 0 Å². The highest BCUT2D eigenvalue weighted by atomic mass is 32.1. The van der Waals surface area contributed by atoms with Gasteiger partial charge in [-0.15, -0.1) is 11.3 Å². The molecule has 2 heteroatoms. The van der Waals surface area contributed by atoms with Crippen LogP contribution in [0.5, 0.6) is 0 Å². The van der Waals surface area contributed by atoms with E-state index in [0.29, 0.717) is 0 Å². The van der Waals surface area contributed by atoms with Crippen molar-refractivity contribution in [1.29, 1.82) is 0 Å². The molecule has 0 aliphatic heterocycles. The molecule has 0 radical (unpaired) electrons. The molecule has 1 nitrogen and oxygen atoms in total. The van der Waals surface area contributed by atoms with E-state index in [1.165, 1.54) is 70.0 Å². The van der Waals surface area contributed by atoms with Gasteiger partial charge in [-0.2, -0.15) is 0 Å². The van der Waals surface area contributed by atoms with Crippen LogP contribution >= 0.6 is 11.3 Å². The number of hydrogen-bond donors (Lipinski definition) is 0. The van der Waals surface area contributed by atoms with Gasteiger partial charge < -0.3 is 4.90 Å². The van der Waals surface area contributed by atoms with E-state index in [-0.39, 0.29) is 0 Å². The van der Waals surface area contributed by atoms with Gasteiger partial charge in [0, 0.05) is 36.9 Å². The van der Waals surface area contributed by atoms with Gasteiger partial charge in [0.2, 0.25) is 0 Å². The Hall–Kier alpha value is -5.96. The molecule has 1 heterocycles. The van der Waals surface area contributed by atoms with E-state index >= 15 is 0 Å². The minimum atomic E-state index is 1.12. The maximum atomic E-state index is 2.43. The average molecular weight is 630 g/mol. The Bertz CT molecular complexity index is 2430. The van der Waals surface area contributed by atoms with Crippen molar-refractivity contribution in [2.24, 2.45) is 0 Å². The first-order valence-electron chi connectivity index (χ1n) is 16.4. The highest BCUT2D eigenvalue weighted by Crippen LogP contribution is 2.48. The van der Waals surface area contributed by atoms with Crippen molar-refractivity contribution in [2.75, 3.05) is 4.90 Å². The van der Waals surface area contributed by atoms with Crippen molar-refractivity contribution in [3.8, 4) is 33.4 Å². The molecule has 9 rings (SSSR count). The highest BCUT2D eigenvalue weighted by Gasteiger charge is 2.21. The first-order chi connectivity index (χ1) is 23.8. The lowest BCUT2D eigenvalue weighted by atomic mass is 9.95. The number of fused-ring (bicyclic) bond motifs is 5. The molecule has 0 saturated carbocycles. The smallest absolute Gasteiger partial charge is 0.0554 e. The second kappa shape index (κ2) is 12.0. The average Bonchev–Trinajstić information content (AvgIpc) is 3.56. The van der Waals surface area contributed by atoms with E-state index in [9.17, 15) is 0 Å². The highest BCUT2D eigenvalue weighted by molar-refractivity contribution is 7.26. The maximum absolute atomic E-state index is 2.43. The van der Waals surface area contributed by atoms with Crippen LogP contribution in [0.25, 0.3) is 64.3 Å². The number of nitrogens with zero attached hydrogens (tertiary/aromatic N) is 1. The zero-order chi connectivity index (χ0) is 31.9. The molecule has 8 aromatic carbocycles. The summed E-state index contributed by atoms with van der Waals surface area (Å²) in [5.74, 6) is 0. The summed E-state index contributed by atoms with van der Waals surface area (Å²) in [7, 11) is 0. The fourth-order valence-corrected chi connectivity index (χ4v) is 8.21. The summed E-state index contributed by atoms with van der Waals surface area (Å²) in [5.41, 5.74) is 10.8. The number of benzene rings is 8. The van der Waals surface area contributed by atoms with Crippen LogP contribution < -0.4 is 4.90 Å². The van der Waals surface area contributed by atoms with Crippen molar-refractivity contribution >= 4 is 59.3 Å².